The third-order valence-electron chi connectivity index (χ3n) is 11.5. The summed E-state index contributed by atoms with van der Waals surface area (Å²) < 4.78 is 7.53. The van der Waals surface area contributed by atoms with E-state index in [0.29, 0.717) is 0 Å². The number of benzene rings is 9. The van der Waals surface area contributed by atoms with Gasteiger partial charge < -0.3 is 9.13 Å². The normalized spacial score (nSPS) is 12.0. The van der Waals surface area contributed by atoms with Crippen LogP contribution in [0.2, 0.25) is 0 Å². The van der Waals surface area contributed by atoms with Crippen LogP contribution in [0.1, 0.15) is 0 Å². The fourth-order valence-corrected chi connectivity index (χ4v) is 10.1. The van der Waals surface area contributed by atoms with Crippen LogP contribution in [-0.4, -0.2) is 9.13 Å². The van der Waals surface area contributed by atoms with Gasteiger partial charge in [0.2, 0.25) is 0 Å². The Kier molecular flexibility index (Phi) is 6.54. The largest absolute Gasteiger partial charge is 0.309 e. The van der Waals surface area contributed by atoms with E-state index in [0.717, 1.165) is 0 Å². The van der Waals surface area contributed by atoms with Gasteiger partial charge in [-0.05, 0) is 100 Å². The fourth-order valence-electron chi connectivity index (χ4n) is 8.97. The van der Waals surface area contributed by atoms with Gasteiger partial charge in [0, 0.05) is 52.8 Å². The number of aromatic nitrogens is 2. The van der Waals surface area contributed by atoms with Crippen LogP contribution in [0.5, 0.6) is 0 Å². The molecule has 12 rings (SSSR count). The van der Waals surface area contributed by atoms with Crippen molar-refractivity contribution in [3.63, 3.8) is 0 Å². The monoisotopic (exact) mass is 716 g/mol. The molecule has 3 heteroatoms. The first kappa shape index (κ1) is 30.5. The van der Waals surface area contributed by atoms with Crippen molar-refractivity contribution < 1.29 is 0 Å². The van der Waals surface area contributed by atoms with Gasteiger partial charge in [-0.3, -0.25) is 0 Å². The molecule has 0 aliphatic rings. The molecule has 0 saturated carbocycles. The van der Waals surface area contributed by atoms with E-state index >= 15 is 0 Å². The summed E-state index contributed by atoms with van der Waals surface area (Å²) in [5, 5.41) is 10.1. The molecule has 55 heavy (non-hydrogen) atoms. The Morgan fingerprint density at radius 1 is 0.291 bits per heavy atom. The van der Waals surface area contributed by atoms with Crippen LogP contribution in [0, 0.1) is 0 Å². The summed E-state index contributed by atoms with van der Waals surface area (Å²) in [6, 6.07) is 71.6. The summed E-state index contributed by atoms with van der Waals surface area (Å²) in [5.41, 5.74) is 12.1. The van der Waals surface area contributed by atoms with Crippen molar-refractivity contribution in [3.8, 4) is 33.6 Å². The molecule has 0 amide bonds. The van der Waals surface area contributed by atoms with Crippen LogP contribution in [0.25, 0.3) is 108 Å². The zero-order chi connectivity index (χ0) is 36.0. The molecule has 0 aliphatic heterocycles. The van der Waals surface area contributed by atoms with Gasteiger partial charge in [0.1, 0.15) is 0 Å². The molecule has 2 nitrogen and oxygen atoms in total. The van der Waals surface area contributed by atoms with Crippen LogP contribution in [-0.2, 0) is 0 Å². The maximum Gasteiger partial charge on any atom is 0.0547 e. The van der Waals surface area contributed by atoms with E-state index in [9.17, 15) is 0 Å². The summed E-state index contributed by atoms with van der Waals surface area (Å²) in [5.74, 6) is 0. The van der Waals surface area contributed by atoms with Crippen molar-refractivity contribution in [1.29, 1.82) is 0 Å². The molecule has 0 atom stereocenters. The Hall–Kier alpha value is -6.94. The summed E-state index contributed by atoms with van der Waals surface area (Å²) in [6.07, 6.45) is 0. The van der Waals surface area contributed by atoms with Gasteiger partial charge in [-0.25, -0.2) is 0 Å². The smallest absolute Gasteiger partial charge is 0.0547 e. The molecule has 3 heterocycles. The quantitative estimate of drug-likeness (QED) is 0.172. The number of hydrogen-bond donors (Lipinski definition) is 0. The third-order valence-corrected chi connectivity index (χ3v) is 12.6. The van der Waals surface area contributed by atoms with E-state index in [4.69, 9.17) is 0 Å². The topological polar surface area (TPSA) is 9.86 Å². The first-order valence-corrected chi connectivity index (χ1v) is 19.7. The van der Waals surface area contributed by atoms with E-state index in [1.54, 1.807) is 0 Å². The van der Waals surface area contributed by atoms with E-state index in [1.807, 2.05) is 11.3 Å². The lowest BCUT2D eigenvalue weighted by molar-refractivity contribution is 1.18. The number of thiophene rings is 1. The fraction of sp³-hybridized carbons (Fsp3) is 0. The van der Waals surface area contributed by atoms with Gasteiger partial charge in [-0.15, -0.1) is 11.3 Å². The van der Waals surface area contributed by atoms with Crippen molar-refractivity contribution in [2.45, 2.75) is 0 Å². The van der Waals surface area contributed by atoms with Gasteiger partial charge >= 0.3 is 0 Å². The number of fused-ring (bicyclic) bond motifs is 10. The average Bonchev–Trinajstić information content (AvgIpc) is 3.90. The zero-order valence-corrected chi connectivity index (χ0v) is 30.6. The second kappa shape index (κ2) is 11.8. The van der Waals surface area contributed by atoms with Crippen LogP contribution in [0.3, 0.4) is 0 Å². The van der Waals surface area contributed by atoms with Crippen molar-refractivity contribution in [3.05, 3.63) is 194 Å². The van der Waals surface area contributed by atoms with Gasteiger partial charge in [0.05, 0.1) is 27.8 Å². The Labute approximate surface area is 321 Å². The van der Waals surface area contributed by atoms with Crippen LogP contribution in [0.4, 0.5) is 0 Å². The Morgan fingerprint density at radius 3 is 1.71 bits per heavy atom. The number of para-hydroxylation sites is 3. The van der Waals surface area contributed by atoms with Gasteiger partial charge in [0.15, 0.2) is 0 Å². The standard InChI is InChI=1S/C52H32N2S/c1-2-13-38(14-3-1)53-46-19-9-6-16-40(46)42-25-22-35(31-50(42)53)33-23-26-48-44(29-33)41-17-7-10-20-47(41)54(48)49-32-37(28-36-12-4-5-15-39(36)49)34-24-27-52-45(30-34)43-18-8-11-21-51(43)55-52/h1-32H. The highest BCUT2D eigenvalue weighted by atomic mass is 32.1. The molecule has 9 aromatic carbocycles. The number of rotatable bonds is 4. The van der Waals surface area contributed by atoms with Crippen molar-refractivity contribution >= 4 is 85.9 Å². The molecular formula is C52H32N2S. The third kappa shape index (κ3) is 4.60. The van der Waals surface area contributed by atoms with E-state index in [2.05, 4.69) is 203 Å². The Morgan fingerprint density at radius 2 is 0.855 bits per heavy atom. The van der Waals surface area contributed by atoms with E-state index in [1.165, 1.54) is 108 Å². The first-order valence-electron chi connectivity index (χ1n) is 18.8. The molecule has 0 bridgehead atoms. The van der Waals surface area contributed by atoms with Gasteiger partial charge in [-0.1, -0.05) is 121 Å². The molecule has 3 aromatic heterocycles. The summed E-state index contributed by atoms with van der Waals surface area (Å²) >= 11 is 1.87. The van der Waals surface area contributed by atoms with Crippen LogP contribution >= 0.6 is 11.3 Å². The lowest BCUT2D eigenvalue weighted by Gasteiger charge is -2.15. The van der Waals surface area contributed by atoms with Crippen LogP contribution in [0.15, 0.2) is 194 Å². The molecule has 0 saturated heterocycles. The minimum atomic E-state index is 1.17. The minimum absolute atomic E-state index is 1.17. The minimum Gasteiger partial charge on any atom is -0.309 e. The highest BCUT2D eigenvalue weighted by molar-refractivity contribution is 7.25. The van der Waals surface area contributed by atoms with E-state index in [-0.39, 0.29) is 0 Å². The molecule has 0 radical (unpaired) electrons. The van der Waals surface area contributed by atoms with Gasteiger partial charge in [0.25, 0.3) is 0 Å². The predicted octanol–water partition coefficient (Wildman–Crippen LogP) is 14.7. The van der Waals surface area contributed by atoms with Crippen molar-refractivity contribution in [2.24, 2.45) is 0 Å². The zero-order valence-electron chi connectivity index (χ0n) is 29.8. The molecule has 256 valence electrons. The second-order valence-electron chi connectivity index (χ2n) is 14.5. The van der Waals surface area contributed by atoms with Crippen LogP contribution < -0.4 is 0 Å². The Balaban J connectivity index is 1.07. The molecule has 0 fully saturated rings. The van der Waals surface area contributed by atoms with Gasteiger partial charge in [-0.2, -0.15) is 0 Å². The number of nitrogens with zero attached hydrogens (tertiary/aromatic N) is 2. The summed E-state index contributed by atoms with van der Waals surface area (Å²) in [4.78, 5) is 0. The summed E-state index contributed by atoms with van der Waals surface area (Å²) in [6.45, 7) is 0. The Bertz CT molecular complexity index is 3490. The molecular weight excluding hydrogens is 685 g/mol. The maximum absolute atomic E-state index is 2.48. The lowest BCUT2D eigenvalue weighted by atomic mass is 9.98. The van der Waals surface area contributed by atoms with Crippen molar-refractivity contribution in [1.82, 2.24) is 9.13 Å². The lowest BCUT2D eigenvalue weighted by Crippen LogP contribution is -1.96. The highest BCUT2D eigenvalue weighted by Gasteiger charge is 2.18. The molecule has 0 aliphatic carbocycles. The average molecular weight is 717 g/mol. The highest BCUT2D eigenvalue weighted by Crippen LogP contribution is 2.42. The maximum atomic E-state index is 2.48. The second-order valence-corrected chi connectivity index (χ2v) is 15.6. The number of hydrogen-bond acceptors (Lipinski definition) is 1. The molecule has 12 aromatic rings. The molecule has 0 unspecified atom stereocenters. The summed E-state index contributed by atoms with van der Waals surface area (Å²) in [7, 11) is 0. The SMILES string of the molecule is c1ccc(-n2c3ccccc3c3ccc(-c4ccc5c(c4)c4ccccc4n5-c4cc(-c5ccc6sc7ccccc7c6c5)cc5ccccc45)cc32)cc1. The predicted molar refractivity (Wildman–Crippen MR) is 236 cm³/mol. The molecule has 0 spiro atoms. The van der Waals surface area contributed by atoms with Crippen molar-refractivity contribution in [2.75, 3.05) is 0 Å². The molecule has 0 N–H and O–H groups in total. The first-order chi connectivity index (χ1) is 27.3. The van der Waals surface area contributed by atoms with E-state index < -0.39 is 0 Å².